The van der Waals surface area contributed by atoms with Gasteiger partial charge in [0.1, 0.15) is 11.1 Å². The second-order valence-corrected chi connectivity index (χ2v) is 7.85. The van der Waals surface area contributed by atoms with Crippen molar-refractivity contribution in [3.05, 3.63) is 59.2 Å². The van der Waals surface area contributed by atoms with Crippen LogP contribution in [0.5, 0.6) is 0 Å². The molecule has 1 atom stereocenters. The molecule has 0 saturated heterocycles. The Balaban J connectivity index is 1.88. The number of sulfonamides is 1. The number of alkyl halides is 3. The Bertz CT molecular complexity index is 989. The zero-order valence-electron chi connectivity index (χ0n) is 14.7. The van der Waals surface area contributed by atoms with E-state index in [2.05, 4.69) is 10.0 Å². The average Bonchev–Trinajstić information content (AvgIpc) is 2.64. The summed E-state index contributed by atoms with van der Waals surface area (Å²) in [4.78, 5) is 11.6. The van der Waals surface area contributed by atoms with Crippen LogP contribution < -0.4 is 10.0 Å². The van der Waals surface area contributed by atoms with Gasteiger partial charge in [0.05, 0.1) is 23.4 Å². The summed E-state index contributed by atoms with van der Waals surface area (Å²) in [5.74, 6) is -0.509. The van der Waals surface area contributed by atoms with E-state index in [1.54, 1.807) is 0 Å². The molecule has 0 bridgehead atoms. The van der Waals surface area contributed by atoms with E-state index in [1.807, 2.05) is 6.92 Å². The normalized spacial score (nSPS) is 18.1. The number of carbonyl (C=O) groups is 1. The van der Waals surface area contributed by atoms with Crippen LogP contribution in [0, 0.1) is 0 Å². The van der Waals surface area contributed by atoms with E-state index in [0.29, 0.717) is 12.0 Å². The first-order chi connectivity index (χ1) is 13.1. The minimum absolute atomic E-state index is 0.148. The molecule has 0 radical (unpaired) electrons. The number of halogens is 3. The minimum atomic E-state index is -4.60. The molecule has 2 aromatic carbocycles. The molecule has 0 unspecified atom stereocenters. The lowest BCUT2D eigenvalue weighted by Gasteiger charge is -2.29. The predicted octanol–water partition coefficient (Wildman–Crippen LogP) is 3.67. The number of carbonyl (C=O) groups excluding carboxylic acids is 1. The molecular formula is C18H17F3N2O4S. The van der Waals surface area contributed by atoms with Crippen molar-refractivity contribution in [3.8, 4) is 0 Å². The van der Waals surface area contributed by atoms with Crippen molar-refractivity contribution in [2.75, 3.05) is 11.9 Å². The van der Waals surface area contributed by atoms with Crippen LogP contribution in [0.3, 0.4) is 0 Å². The Morgan fingerprint density at radius 2 is 1.82 bits per heavy atom. The molecule has 3 rings (SSSR count). The SMILES string of the molecule is CCCOC(=O)c1ccc([C@@H]2Nc3cc(C(F)(F)F)ccc3S(=O)(=O)N2)cc1. The van der Waals surface area contributed by atoms with Gasteiger partial charge in [-0.3, -0.25) is 0 Å². The molecule has 2 N–H and O–H groups in total. The lowest BCUT2D eigenvalue weighted by Crippen LogP contribution is -2.38. The van der Waals surface area contributed by atoms with Crippen molar-refractivity contribution in [1.29, 1.82) is 0 Å². The smallest absolute Gasteiger partial charge is 0.416 e. The van der Waals surface area contributed by atoms with Crippen LogP contribution >= 0.6 is 0 Å². The monoisotopic (exact) mass is 414 g/mol. The number of rotatable bonds is 4. The van der Waals surface area contributed by atoms with Crippen molar-refractivity contribution in [2.24, 2.45) is 0 Å². The maximum absolute atomic E-state index is 12.9. The zero-order chi connectivity index (χ0) is 20.5. The Kier molecular flexibility index (Phi) is 5.35. The van der Waals surface area contributed by atoms with Crippen molar-refractivity contribution in [1.82, 2.24) is 4.72 Å². The molecule has 150 valence electrons. The molecular weight excluding hydrogens is 397 g/mol. The van der Waals surface area contributed by atoms with Crippen molar-refractivity contribution < 1.29 is 31.1 Å². The van der Waals surface area contributed by atoms with Gasteiger partial charge in [0.25, 0.3) is 0 Å². The molecule has 0 aliphatic carbocycles. The molecule has 0 amide bonds. The molecule has 0 aromatic heterocycles. The Morgan fingerprint density at radius 1 is 1.14 bits per heavy atom. The van der Waals surface area contributed by atoms with Gasteiger partial charge in [-0.2, -0.15) is 17.9 Å². The first kappa shape index (κ1) is 20.2. The van der Waals surface area contributed by atoms with Crippen molar-refractivity contribution in [3.63, 3.8) is 0 Å². The van der Waals surface area contributed by atoms with Crippen LogP contribution in [0.1, 0.15) is 41.0 Å². The van der Waals surface area contributed by atoms with E-state index in [9.17, 15) is 26.4 Å². The highest BCUT2D eigenvalue weighted by atomic mass is 32.2. The number of hydrogen-bond donors (Lipinski definition) is 2. The Labute approximate surface area is 159 Å². The molecule has 1 aliphatic rings. The maximum Gasteiger partial charge on any atom is 0.416 e. The maximum atomic E-state index is 12.9. The fraction of sp³-hybridized carbons (Fsp3) is 0.278. The third kappa shape index (κ3) is 4.12. The highest BCUT2D eigenvalue weighted by Gasteiger charge is 2.35. The number of hydrogen-bond acceptors (Lipinski definition) is 5. The summed E-state index contributed by atoms with van der Waals surface area (Å²) >= 11 is 0. The fourth-order valence-electron chi connectivity index (χ4n) is 2.70. The summed E-state index contributed by atoms with van der Waals surface area (Å²) in [6.45, 7) is 2.14. The second-order valence-electron chi connectivity index (χ2n) is 6.17. The number of benzene rings is 2. The van der Waals surface area contributed by atoms with Gasteiger partial charge in [0, 0.05) is 0 Å². The third-order valence-electron chi connectivity index (χ3n) is 4.09. The Morgan fingerprint density at radius 3 is 2.43 bits per heavy atom. The number of ether oxygens (including phenoxy) is 1. The number of nitrogens with one attached hydrogen (secondary N) is 2. The van der Waals surface area contributed by atoms with Crippen LogP contribution in [0.4, 0.5) is 18.9 Å². The first-order valence-corrected chi connectivity index (χ1v) is 9.87. The van der Waals surface area contributed by atoms with E-state index < -0.39 is 33.9 Å². The first-order valence-electron chi connectivity index (χ1n) is 8.39. The summed E-state index contributed by atoms with van der Waals surface area (Å²) in [6.07, 6.45) is -4.90. The van der Waals surface area contributed by atoms with E-state index in [1.165, 1.54) is 24.3 Å². The lowest BCUT2D eigenvalue weighted by atomic mass is 10.1. The van der Waals surface area contributed by atoms with E-state index in [-0.39, 0.29) is 22.8 Å². The van der Waals surface area contributed by atoms with Gasteiger partial charge in [-0.15, -0.1) is 0 Å². The van der Waals surface area contributed by atoms with Gasteiger partial charge in [-0.25, -0.2) is 13.2 Å². The van der Waals surface area contributed by atoms with E-state index >= 15 is 0 Å². The van der Waals surface area contributed by atoms with Crippen molar-refractivity contribution in [2.45, 2.75) is 30.6 Å². The average molecular weight is 414 g/mol. The molecule has 1 heterocycles. The summed E-state index contributed by atoms with van der Waals surface area (Å²) in [5.41, 5.74) is -0.386. The van der Waals surface area contributed by atoms with Crippen LogP contribution in [0.25, 0.3) is 0 Å². The van der Waals surface area contributed by atoms with Crippen LogP contribution in [-0.4, -0.2) is 21.0 Å². The fourth-order valence-corrected chi connectivity index (χ4v) is 3.98. The third-order valence-corrected chi connectivity index (χ3v) is 5.57. The molecule has 1 aliphatic heterocycles. The lowest BCUT2D eigenvalue weighted by molar-refractivity contribution is -0.137. The highest BCUT2D eigenvalue weighted by molar-refractivity contribution is 7.89. The highest BCUT2D eigenvalue weighted by Crippen LogP contribution is 2.37. The quantitative estimate of drug-likeness (QED) is 0.746. The van der Waals surface area contributed by atoms with Crippen LogP contribution in [0.2, 0.25) is 0 Å². The van der Waals surface area contributed by atoms with Gasteiger partial charge in [-0.1, -0.05) is 19.1 Å². The van der Waals surface area contributed by atoms with Gasteiger partial charge in [0.2, 0.25) is 10.0 Å². The standard InChI is InChI=1S/C18H17F3N2O4S/c1-2-9-27-17(24)12-5-3-11(4-6-12)16-22-14-10-13(18(19,20)21)7-8-15(14)28(25,26)23-16/h3-8,10,16,22-23H,2,9H2,1H3/t16-/m1/s1. The van der Waals surface area contributed by atoms with E-state index in [4.69, 9.17) is 4.74 Å². The van der Waals surface area contributed by atoms with Gasteiger partial charge >= 0.3 is 12.1 Å². The van der Waals surface area contributed by atoms with Gasteiger partial charge < -0.3 is 10.1 Å². The number of anilines is 1. The molecule has 6 nitrogen and oxygen atoms in total. The summed E-state index contributed by atoms with van der Waals surface area (Å²) < 4.78 is 71.0. The van der Waals surface area contributed by atoms with Crippen LogP contribution in [0.15, 0.2) is 47.4 Å². The second kappa shape index (κ2) is 7.44. The molecule has 0 fully saturated rings. The Hall–Kier alpha value is -2.59. The number of fused-ring (bicyclic) bond motifs is 1. The molecule has 0 spiro atoms. The molecule has 2 aromatic rings. The topological polar surface area (TPSA) is 84.5 Å². The van der Waals surface area contributed by atoms with E-state index in [0.717, 1.165) is 18.2 Å². The molecule has 10 heteroatoms. The predicted molar refractivity (Wildman–Crippen MR) is 95.1 cm³/mol. The zero-order valence-corrected chi connectivity index (χ0v) is 15.5. The van der Waals surface area contributed by atoms with Gasteiger partial charge in [-0.05, 0) is 42.3 Å². The summed E-state index contributed by atoms with van der Waals surface area (Å²) in [5, 5.41) is 2.76. The molecule has 0 saturated carbocycles. The largest absolute Gasteiger partial charge is 0.462 e. The molecule has 28 heavy (non-hydrogen) atoms. The number of esters is 1. The van der Waals surface area contributed by atoms with Gasteiger partial charge in [0.15, 0.2) is 0 Å². The van der Waals surface area contributed by atoms with Crippen LogP contribution in [-0.2, 0) is 20.9 Å². The van der Waals surface area contributed by atoms with Crippen molar-refractivity contribution >= 4 is 21.7 Å². The minimum Gasteiger partial charge on any atom is -0.462 e. The summed E-state index contributed by atoms with van der Waals surface area (Å²) in [7, 11) is -4.01. The summed E-state index contributed by atoms with van der Waals surface area (Å²) in [6, 6.07) is 8.32.